The van der Waals surface area contributed by atoms with Gasteiger partial charge in [0.05, 0.1) is 35.4 Å². The van der Waals surface area contributed by atoms with Gasteiger partial charge in [0.2, 0.25) is 0 Å². The van der Waals surface area contributed by atoms with Crippen molar-refractivity contribution in [1.82, 2.24) is 9.78 Å². The van der Waals surface area contributed by atoms with Gasteiger partial charge in [-0.1, -0.05) is 6.58 Å². The van der Waals surface area contributed by atoms with Crippen molar-refractivity contribution in [2.24, 2.45) is 0 Å². The van der Waals surface area contributed by atoms with Crippen LogP contribution in [0.4, 0.5) is 0 Å². The predicted molar refractivity (Wildman–Crippen MR) is 104 cm³/mol. The van der Waals surface area contributed by atoms with Gasteiger partial charge in [0.25, 0.3) is 15.7 Å². The lowest BCUT2D eigenvalue weighted by molar-refractivity contribution is 0.393. The Morgan fingerprint density at radius 1 is 1.11 bits per heavy atom. The summed E-state index contributed by atoms with van der Waals surface area (Å²) < 4.78 is 43.1. The summed E-state index contributed by atoms with van der Waals surface area (Å²) in [6.45, 7) is 3.86. The van der Waals surface area contributed by atoms with Gasteiger partial charge in [-0.15, -0.1) is 0 Å². The predicted octanol–water partition coefficient (Wildman–Crippen LogP) is 0.669. The molecule has 0 spiro atoms. The minimum absolute atomic E-state index is 0.263. The summed E-state index contributed by atoms with van der Waals surface area (Å²) in [7, 11) is -1.25. The summed E-state index contributed by atoms with van der Waals surface area (Å²) in [6, 6.07) is 10.4. The average molecular weight is 402 g/mol. The molecule has 28 heavy (non-hydrogen) atoms. The van der Waals surface area contributed by atoms with Gasteiger partial charge in [-0.2, -0.15) is 8.42 Å². The van der Waals surface area contributed by atoms with Crippen LogP contribution in [0, 0.1) is 0 Å². The molecule has 1 heterocycles. The Morgan fingerprint density at radius 3 is 2.36 bits per heavy atom. The smallest absolute Gasteiger partial charge is 0.294 e. The Kier molecular flexibility index (Phi) is 5.12. The number of hydrogen-bond donors (Lipinski definition) is 2. The molecule has 2 aromatic carbocycles. The fraction of sp³-hybridized carbons (Fsp3) is 0.105. The van der Waals surface area contributed by atoms with E-state index in [2.05, 4.69) is 11.7 Å². The summed E-state index contributed by atoms with van der Waals surface area (Å²) in [4.78, 5) is 12.6. The molecule has 9 heteroatoms. The van der Waals surface area contributed by atoms with Crippen LogP contribution >= 0.6 is 0 Å². The van der Waals surface area contributed by atoms with Gasteiger partial charge in [0, 0.05) is 11.6 Å². The standard InChI is InChI=1S/C19H18N2O6S/c1-12-17(10-13-4-7-15(26-2)11-18(13)27-3)19(22)21(20-12)14-5-8-16(9-6-14)28(23,24)25/h4-11,20H,1H2,2-3H3,(H,23,24,25). The highest BCUT2D eigenvalue weighted by Crippen LogP contribution is 2.24. The third kappa shape index (κ3) is 3.71. The van der Waals surface area contributed by atoms with Crippen LogP contribution in [0.3, 0.4) is 0 Å². The third-order valence-corrected chi connectivity index (χ3v) is 5.01. The van der Waals surface area contributed by atoms with E-state index in [9.17, 15) is 13.2 Å². The van der Waals surface area contributed by atoms with E-state index in [-0.39, 0.29) is 10.5 Å². The van der Waals surface area contributed by atoms with E-state index < -0.39 is 10.1 Å². The van der Waals surface area contributed by atoms with Crippen LogP contribution in [0.2, 0.25) is 0 Å². The number of H-pyrrole nitrogens is 1. The fourth-order valence-corrected chi connectivity index (χ4v) is 3.17. The van der Waals surface area contributed by atoms with Crippen LogP contribution in [-0.4, -0.2) is 37.0 Å². The fourth-order valence-electron chi connectivity index (χ4n) is 2.69. The van der Waals surface area contributed by atoms with E-state index >= 15 is 0 Å². The second-order valence-electron chi connectivity index (χ2n) is 5.87. The summed E-state index contributed by atoms with van der Waals surface area (Å²) in [5.41, 5.74) is 0.685. The van der Waals surface area contributed by atoms with Crippen LogP contribution in [0.15, 0.2) is 52.2 Å². The number of hydrogen-bond acceptors (Lipinski definition) is 5. The van der Waals surface area contributed by atoms with Crippen molar-refractivity contribution in [1.29, 1.82) is 0 Å². The SMILES string of the molecule is C=c1[nH]n(-c2ccc(S(=O)(=O)O)cc2)c(=O)c1=Cc1ccc(OC)cc1OC. The van der Waals surface area contributed by atoms with Gasteiger partial charge in [-0.25, -0.2) is 4.68 Å². The Hall–Kier alpha value is -3.30. The molecule has 8 nitrogen and oxygen atoms in total. The van der Waals surface area contributed by atoms with E-state index in [1.165, 1.54) is 36.1 Å². The Labute approximate surface area is 160 Å². The molecule has 2 N–H and O–H groups in total. The first-order valence-electron chi connectivity index (χ1n) is 8.06. The first kappa shape index (κ1) is 19.5. The quantitative estimate of drug-likeness (QED) is 0.607. The molecule has 0 bridgehead atoms. The molecule has 0 saturated carbocycles. The largest absolute Gasteiger partial charge is 0.497 e. The van der Waals surface area contributed by atoms with Crippen LogP contribution < -0.4 is 25.6 Å². The van der Waals surface area contributed by atoms with Crippen molar-refractivity contribution in [3.8, 4) is 17.2 Å². The van der Waals surface area contributed by atoms with E-state index in [1.807, 2.05) is 0 Å². The number of ether oxygens (including phenoxy) is 2. The first-order chi connectivity index (χ1) is 13.2. The lowest BCUT2D eigenvalue weighted by Crippen LogP contribution is -2.34. The minimum Gasteiger partial charge on any atom is -0.497 e. The highest BCUT2D eigenvalue weighted by Gasteiger charge is 2.11. The van der Waals surface area contributed by atoms with Crippen LogP contribution in [0.1, 0.15) is 5.56 Å². The first-order valence-corrected chi connectivity index (χ1v) is 9.50. The van der Waals surface area contributed by atoms with Gasteiger partial charge < -0.3 is 9.47 Å². The number of methoxy groups -OCH3 is 2. The highest BCUT2D eigenvalue weighted by molar-refractivity contribution is 7.85. The van der Waals surface area contributed by atoms with E-state index in [4.69, 9.17) is 14.0 Å². The molecule has 3 rings (SSSR count). The zero-order valence-corrected chi connectivity index (χ0v) is 16.0. The number of aromatic nitrogens is 2. The maximum absolute atomic E-state index is 12.8. The molecule has 146 valence electrons. The molecule has 0 aliphatic heterocycles. The Balaban J connectivity index is 2.12. The molecular formula is C19H18N2O6S. The van der Waals surface area contributed by atoms with Crippen molar-refractivity contribution in [3.63, 3.8) is 0 Å². The maximum atomic E-state index is 12.8. The summed E-state index contributed by atoms with van der Waals surface area (Å²) in [5.74, 6) is 1.15. The van der Waals surface area contributed by atoms with Crippen LogP contribution in [0.25, 0.3) is 18.3 Å². The molecular weight excluding hydrogens is 384 g/mol. The number of aromatic amines is 1. The molecule has 0 aliphatic rings. The molecule has 0 unspecified atom stereocenters. The van der Waals surface area contributed by atoms with Crippen LogP contribution in [-0.2, 0) is 10.1 Å². The van der Waals surface area contributed by atoms with Crippen molar-refractivity contribution >= 4 is 22.8 Å². The number of nitrogens with zero attached hydrogens (tertiary/aromatic N) is 1. The molecule has 0 radical (unpaired) electrons. The molecule has 0 saturated heterocycles. The second-order valence-corrected chi connectivity index (χ2v) is 7.29. The number of nitrogens with one attached hydrogen (secondary N) is 1. The number of rotatable bonds is 5. The molecule has 0 atom stereocenters. The summed E-state index contributed by atoms with van der Waals surface area (Å²) in [6.07, 6.45) is 1.64. The lowest BCUT2D eigenvalue weighted by atomic mass is 10.1. The monoisotopic (exact) mass is 402 g/mol. The maximum Gasteiger partial charge on any atom is 0.294 e. The normalized spacial score (nSPS) is 12.2. The van der Waals surface area contributed by atoms with E-state index in [0.29, 0.717) is 33.3 Å². The molecule has 1 aromatic heterocycles. The summed E-state index contributed by atoms with van der Waals surface area (Å²) >= 11 is 0. The molecule has 0 amide bonds. The Morgan fingerprint density at radius 2 is 1.79 bits per heavy atom. The lowest BCUT2D eigenvalue weighted by Gasteiger charge is -2.06. The minimum atomic E-state index is -4.31. The zero-order chi connectivity index (χ0) is 20.5. The second kappa shape index (κ2) is 7.37. The van der Waals surface area contributed by atoms with Crippen LogP contribution in [0.5, 0.6) is 11.5 Å². The Bertz CT molecular complexity index is 1290. The zero-order valence-electron chi connectivity index (χ0n) is 15.2. The molecule has 0 fully saturated rings. The van der Waals surface area contributed by atoms with Gasteiger partial charge in [0.1, 0.15) is 11.5 Å². The van der Waals surface area contributed by atoms with Crippen molar-refractivity contribution in [3.05, 3.63) is 68.9 Å². The van der Waals surface area contributed by atoms with Crippen molar-refractivity contribution < 1.29 is 22.4 Å². The molecule has 0 aliphatic carbocycles. The molecule has 3 aromatic rings. The summed E-state index contributed by atoms with van der Waals surface area (Å²) in [5, 5.41) is 3.55. The topological polar surface area (TPSA) is 111 Å². The van der Waals surface area contributed by atoms with E-state index in [1.54, 1.807) is 31.4 Å². The highest BCUT2D eigenvalue weighted by atomic mass is 32.2. The van der Waals surface area contributed by atoms with Gasteiger partial charge in [-0.3, -0.25) is 14.4 Å². The van der Waals surface area contributed by atoms with Gasteiger partial charge >= 0.3 is 0 Å². The van der Waals surface area contributed by atoms with Crippen molar-refractivity contribution in [2.75, 3.05) is 14.2 Å². The van der Waals surface area contributed by atoms with Gasteiger partial charge in [-0.05, 0) is 42.5 Å². The average Bonchev–Trinajstić information content (AvgIpc) is 2.96. The van der Waals surface area contributed by atoms with Crippen molar-refractivity contribution in [2.45, 2.75) is 4.90 Å². The third-order valence-electron chi connectivity index (χ3n) is 4.14. The number of benzene rings is 2. The van der Waals surface area contributed by atoms with Gasteiger partial charge in [0.15, 0.2) is 0 Å². The van der Waals surface area contributed by atoms with E-state index in [0.717, 1.165) is 0 Å².